The molecule has 3 aromatic rings. The average Bonchev–Trinajstić information content (AvgIpc) is 3.15. The standard InChI is InChI=1S/C14H14N6S/c1-16-11(4-5-15)9-2-3-12-10(8-9)13(20-19-12)18-14-17-6-7-21-14/h2-8H,15H2,1H3,(H2,17,18,19,20)/b5-4-,16-11?. The summed E-state index contributed by atoms with van der Waals surface area (Å²) < 4.78 is 0. The van der Waals surface area contributed by atoms with Crippen molar-refractivity contribution < 1.29 is 0 Å². The molecular formula is C14H14N6S. The number of nitrogens with one attached hydrogen (secondary N) is 2. The Balaban J connectivity index is 2.03. The van der Waals surface area contributed by atoms with E-state index in [9.17, 15) is 0 Å². The molecule has 2 heterocycles. The average molecular weight is 298 g/mol. The number of aromatic amines is 1. The monoisotopic (exact) mass is 298 g/mol. The van der Waals surface area contributed by atoms with Crippen molar-refractivity contribution in [2.45, 2.75) is 0 Å². The smallest absolute Gasteiger partial charge is 0.188 e. The van der Waals surface area contributed by atoms with Crippen LogP contribution in [-0.2, 0) is 0 Å². The van der Waals surface area contributed by atoms with Crippen LogP contribution in [0.5, 0.6) is 0 Å². The van der Waals surface area contributed by atoms with Crippen LogP contribution in [-0.4, -0.2) is 27.9 Å². The summed E-state index contributed by atoms with van der Waals surface area (Å²) in [5, 5.41) is 14.2. The van der Waals surface area contributed by atoms with Gasteiger partial charge in [0.25, 0.3) is 0 Å². The van der Waals surface area contributed by atoms with Crippen molar-refractivity contribution in [3.63, 3.8) is 0 Å². The van der Waals surface area contributed by atoms with Gasteiger partial charge in [-0.2, -0.15) is 5.10 Å². The summed E-state index contributed by atoms with van der Waals surface area (Å²) in [5.41, 5.74) is 8.21. The quantitative estimate of drug-likeness (QED) is 0.646. The lowest BCUT2D eigenvalue weighted by molar-refractivity contribution is 1.12. The normalized spacial score (nSPS) is 12.3. The van der Waals surface area contributed by atoms with Crippen LogP contribution in [0.1, 0.15) is 5.56 Å². The van der Waals surface area contributed by atoms with Crippen molar-refractivity contribution in [3.8, 4) is 0 Å². The third kappa shape index (κ3) is 2.63. The van der Waals surface area contributed by atoms with Gasteiger partial charge in [0.2, 0.25) is 0 Å². The van der Waals surface area contributed by atoms with E-state index in [1.54, 1.807) is 19.3 Å². The van der Waals surface area contributed by atoms with E-state index in [0.717, 1.165) is 33.1 Å². The third-order valence-corrected chi connectivity index (χ3v) is 3.70. The van der Waals surface area contributed by atoms with Crippen molar-refractivity contribution in [1.82, 2.24) is 15.2 Å². The van der Waals surface area contributed by atoms with Crippen LogP contribution >= 0.6 is 11.3 Å². The van der Waals surface area contributed by atoms with E-state index >= 15 is 0 Å². The predicted octanol–water partition coefficient (Wildman–Crippen LogP) is 2.65. The minimum Gasteiger partial charge on any atom is -0.405 e. The Morgan fingerprint density at radius 1 is 1.48 bits per heavy atom. The first kappa shape index (κ1) is 13.3. The van der Waals surface area contributed by atoms with E-state index in [-0.39, 0.29) is 0 Å². The fraction of sp³-hybridized carbons (Fsp3) is 0.0714. The van der Waals surface area contributed by atoms with Crippen LogP contribution in [0.15, 0.2) is 47.0 Å². The molecule has 0 radical (unpaired) electrons. The van der Waals surface area contributed by atoms with Crippen LogP contribution in [0.25, 0.3) is 10.9 Å². The number of aromatic nitrogens is 3. The Kier molecular flexibility index (Phi) is 3.65. The highest BCUT2D eigenvalue weighted by atomic mass is 32.1. The molecule has 0 aliphatic rings. The number of thiazole rings is 1. The van der Waals surface area contributed by atoms with E-state index in [1.165, 1.54) is 17.5 Å². The second kappa shape index (κ2) is 5.76. The van der Waals surface area contributed by atoms with Crippen LogP contribution in [0, 0.1) is 0 Å². The molecule has 7 heteroatoms. The van der Waals surface area contributed by atoms with E-state index in [2.05, 4.69) is 25.5 Å². The molecule has 6 nitrogen and oxygen atoms in total. The summed E-state index contributed by atoms with van der Waals surface area (Å²) in [6, 6.07) is 5.98. The molecule has 1 aromatic carbocycles. The minimum atomic E-state index is 0.744. The summed E-state index contributed by atoms with van der Waals surface area (Å²) in [5.74, 6) is 0.744. The number of hydrogen-bond acceptors (Lipinski definition) is 6. The molecule has 0 saturated carbocycles. The van der Waals surface area contributed by atoms with Crippen molar-refractivity contribution in [1.29, 1.82) is 0 Å². The van der Waals surface area contributed by atoms with Gasteiger partial charge < -0.3 is 11.1 Å². The topological polar surface area (TPSA) is 92.0 Å². The highest BCUT2D eigenvalue weighted by Gasteiger charge is 2.09. The molecule has 0 atom stereocenters. The molecular weight excluding hydrogens is 284 g/mol. The van der Waals surface area contributed by atoms with Crippen molar-refractivity contribution in [2.24, 2.45) is 10.7 Å². The lowest BCUT2D eigenvalue weighted by atomic mass is 10.1. The zero-order chi connectivity index (χ0) is 14.7. The molecule has 0 spiro atoms. The third-order valence-electron chi connectivity index (χ3n) is 3.01. The maximum absolute atomic E-state index is 5.46. The lowest BCUT2D eigenvalue weighted by Crippen LogP contribution is -1.98. The second-order valence-corrected chi connectivity index (χ2v) is 5.16. The van der Waals surface area contributed by atoms with Crippen molar-refractivity contribution >= 4 is 38.9 Å². The number of H-pyrrole nitrogens is 1. The van der Waals surface area contributed by atoms with E-state index in [0.29, 0.717) is 0 Å². The van der Waals surface area contributed by atoms with Crippen LogP contribution in [0.4, 0.5) is 10.9 Å². The number of allylic oxidation sites excluding steroid dienone is 1. The zero-order valence-corrected chi connectivity index (χ0v) is 12.2. The van der Waals surface area contributed by atoms with Gasteiger partial charge in [0.1, 0.15) is 0 Å². The fourth-order valence-corrected chi connectivity index (χ4v) is 2.57. The number of rotatable bonds is 4. The summed E-state index contributed by atoms with van der Waals surface area (Å²) in [6.45, 7) is 0. The largest absolute Gasteiger partial charge is 0.405 e. The first-order valence-electron chi connectivity index (χ1n) is 6.32. The Hall–Kier alpha value is -2.67. The molecule has 0 fully saturated rings. The van der Waals surface area contributed by atoms with Crippen molar-refractivity contribution in [2.75, 3.05) is 12.4 Å². The highest BCUT2D eigenvalue weighted by molar-refractivity contribution is 7.13. The highest BCUT2D eigenvalue weighted by Crippen LogP contribution is 2.26. The molecule has 0 bridgehead atoms. The van der Waals surface area contributed by atoms with Gasteiger partial charge in [-0.25, -0.2) is 4.98 Å². The molecule has 21 heavy (non-hydrogen) atoms. The number of hydrogen-bond donors (Lipinski definition) is 3. The fourth-order valence-electron chi connectivity index (χ4n) is 2.05. The number of nitrogens with two attached hydrogens (primary N) is 1. The molecule has 4 N–H and O–H groups in total. The van der Waals surface area contributed by atoms with Crippen LogP contribution in [0.3, 0.4) is 0 Å². The number of anilines is 2. The van der Waals surface area contributed by atoms with Gasteiger partial charge in [0.15, 0.2) is 10.9 Å². The van der Waals surface area contributed by atoms with Gasteiger partial charge >= 0.3 is 0 Å². The first-order chi connectivity index (χ1) is 10.3. The second-order valence-electron chi connectivity index (χ2n) is 4.26. The molecule has 106 valence electrons. The zero-order valence-electron chi connectivity index (χ0n) is 11.4. The number of aliphatic imine (C=N–C) groups is 1. The van der Waals surface area contributed by atoms with Gasteiger partial charge in [-0.1, -0.05) is 6.07 Å². The minimum absolute atomic E-state index is 0.744. The van der Waals surface area contributed by atoms with E-state index in [1.807, 2.05) is 23.6 Å². The molecule has 0 saturated heterocycles. The Bertz CT molecular complexity index is 800. The molecule has 3 rings (SSSR count). The van der Waals surface area contributed by atoms with E-state index in [4.69, 9.17) is 5.73 Å². The van der Waals surface area contributed by atoms with E-state index < -0.39 is 0 Å². The Labute approximate surface area is 125 Å². The molecule has 0 amide bonds. The predicted molar refractivity (Wildman–Crippen MR) is 87.3 cm³/mol. The molecule has 0 aliphatic heterocycles. The first-order valence-corrected chi connectivity index (χ1v) is 7.20. The molecule has 2 aromatic heterocycles. The summed E-state index contributed by atoms with van der Waals surface area (Å²) in [6.07, 6.45) is 5.01. The lowest BCUT2D eigenvalue weighted by Gasteiger charge is -2.02. The molecule has 0 aliphatic carbocycles. The van der Waals surface area contributed by atoms with Gasteiger partial charge in [-0.3, -0.25) is 10.1 Å². The number of benzene rings is 1. The van der Waals surface area contributed by atoms with Crippen LogP contribution < -0.4 is 11.1 Å². The maximum Gasteiger partial charge on any atom is 0.188 e. The number of fused-ring (bicyclic) bond motifs is 1. The number of nitrogens with zero attached hydrogens (tertiary/aromatic N) is 3. The SMILES string of the molecule is CN=C(/C=C\N)c1ccc2[nH]nc(Nc3nccs3)c2c1. The summed E-state index contributed by atoms with van der Waals surface area (Å²) in [7, 11) is 1.74. The van der Waals surface area contributed by atoms with Gasteiger partial charge in [0.05, 0.1) is 11.2 Å². The Morgan fingerprint density at radius 2 is 2.38 bits per heavy atom. The van der Waals surface area contributed by atoms with Crippen molar-refractivity contribution in [3.05, 3.63) is 47.6 Å². The summed E-state index contributed by atoms with van der Waals surface area (Å²) in [4.78, 5) is 8.44. The van der Waals surface area contributed by atoms with Crippen LogP contribution in [0.2, 0.25) is 0 Å². The van der Waals surface area contributed by atoms with Gasteiger partial charge in [-0.05, 0) is 24.4 Å². The van der Waals surface area contributed by atoms with Gasteiger partial charge in [0, 0.05) is 29.6 Å². The summed E-state index contributed by atoms with van der Waals surface area (Å²) >= 11 is 1.53. The Morgan fingerprint density at radius 3 is 3.10 bits per heavy atom. The maximum atomic E-state index is 5.46. The van der Waals surface area contributed by atoms with Gasteiger partial charge in [-0.15, -0.1) is 11.3 Å². The molecule has 0 unspecified atom stereocenters.